The first-order valence-electron chi connectivity index (χ1n) is 6.18. The molecular formula is C14H19N3S. The van der Waals surface area contributed by atoms with Crippen LogP contribution in [-0.2, 0) is 12.8 Å². The van der Waals surface area contributed by atoms with Crippen LogP contribution < -0.4 is 5.32 Å². The Labute approximate surface area is 112 Å². The number of aryl methyl sites for hydroxylation is 2. The lowest BCUT2D eigenvalue weighted by Crippen LogP contribution is -2.25. The topological polar surface area (TPSA) is 37.8 Å². The lowest BCUT2D eigenvalue weighted by Gasteiger charge is -2.18. The van der Waals surface area contributed by atoms with Gasteiger partial charge >= 0.3 is 0 Å². The maximum atomic E-state index is 4.51. The standard InChI is InChI=1S/C14H19N3S/c1-14(2,3)16-13-15-12(17-18-13)10-9-11-7-5-4-6-8-11/h4-8H,9-10H2,1-3H3,(H,15,16,17). The molecule has 0 unspecified atom stereocenters. The van der Waals surface area contributed by atoms with E-state index in [1.165, 1.54) is 17.1 Å². The van der Waals surface area contributed by atoms with Crippen LogP contribution >= 0.6 is 11.5 Å². The molecule has 4 heteroatoms. The summed E-state index contributed by atoms with van der Waals surface area (Å²) >= 11 is 1.44. The van der Waals surface area contributed by atoms with E-state index in [-0.39, 0.29) is 5.54 Å². The number of nitrogens with one attached hydrogen (secondary N) is 1. The van der Waals surface area contributed by atoms with E-state index in [1.54, 1.807) is 0 Å². The summed E-state index contributed by atoms with van der Waals surface area (Å²) in [7, 11) is 0. The van der Waals surface area contributed by atoms with Gasteiger partial charge < -0.3 is 5.32 Å². The minimum Gasteiger partial charge on any atom is -0.356 e. The minimum atomic E-state index is 0.0379. The van der Waals surface area contributed by atoms with Crippen molar-refractivity contribution in [3.05, 3.63) is 41.7 Å². The van der Waals surface area contributed by atoms with Crippen LogP contribution in [0.15, 0.2) is 30.3 Å². The fourth-order valence-corrected chi connectivity index (χ4v) is 2.45. The number of hydrogen-bond donors (Lipinski definition) is 1. The molecule has 1 heterocycles. The van der Waals surface area contributed by atoms with Crippen LogP contribution in [0.2, 0.25) is 0 Å². The van der Waals surface area contributed by atoms with Gasteiger partial charge in [-0.15, -0.1) is 0 Å². The van der Waals surface area contributed by atoms with Gasteiger partial charge in [0, 0.05) is 23.5 Å². The highest BCUT2D eigenvalue weighted by atomic mass is 32.1. The summed E-state index contributed by atoms with van der Waals surface area (Å²) in [5, 5.41) is 4.25. The maximum Gasteiger partial charge on any atom is 0.202 e. The van der Waals surface area contributed by atoms with Crippen molar-refractivity contribution in [3.8, 4) is 0 Å². The van der Waals surface area contributed by atoms with Crippen LogP contribution in [0.4, 0.5) is 5.13 Å². The fourth-order valence-electron chi connectivity index (χ4n) is 1.63. The van der Waals surface area contributed by atoms with Crippen LogP contribution in [0, 0.1) is 0 Å². The Morgan fingerprint density at radius 1 is 1.11 bits per heavy atom. The molecule has 0 atom stereocenters. The van der Waals surface area contributed by atoms with E-state index in [2.05, 4.69) is 59.7 Å². The zero-order chi connectivity index (χ0) is 13.0. The molecule has 0 fully saturated rings. The van der Waals surface area contributed by atoms with E-state index in [0.29, 0.717) is 0 Å². The smallest absolute Gasteiger partial charge is 0.202 e. The maximum absolute atomic E-state index is 4.51. The number of hydrogen-bond acceptors (Lipinski definition) is 4. The molecule has 1 aromatic carbocycles. The highest BCUT2D eigenvalue weighted by molar-refractivity contribution is 7.09. The number of anilines is 1. The van der Waals surface area contributed by atoms with E-state index in [4.69, 9.17) is 0 Å². The molecule has 0 aliphatic carbocycles. The predicted molar refractivity (Wildman–Crippen MR) is 77.1 cm³/mol. The van der Waals surface area contributed by atoms with Crippen molar-refractivity contribution in [3.63, 3.8) is 0 Å². The molecule has 0 aliphatic heterocycles. The number of rotatable bonds is 4. The van der Waals surface area contributed by atoms with Gasteiger partial charge in [0.15, 0.2) is 0 Å². The molecule has 0 spiro atoms. The first-order chi connectivity index (χ1) is 8.53. The van der Waals surface area contributed by atoms with Crippen molar-refractivity contribution in [2.75, 3.05) is 5.32 Å². The van der Waals surface area contributed by atoms with Crippen LogP contribution in [0.3, 0.4) is 0 Å². The molecule has 2 rings (SSSR count). The first kappa shape index (κ1) is 13.0. The first-order valence-corrected chi connectivity index (χ1v) is 6.95. The van der Waals surface area contributed by atoms with Crippen LogP contribution in [-0.4, -0.2) is 14.9 Å². The molecule has 1 aromatic heterocycles. The Balaban J connectivity index is 1.91. The Kier molecular flexibility index (Phi) is 3.97. The third-order valence-corrected chi connectivity index (χ3v) is 3.10. The van der Waals surface area contributed by atoms with E-state index in [1.807, 2.05) is 6.07 Å². The molecule has 2 aromatic rings. The molecule has 96 valence electrons. The van der Waals surface area contributed by atoms with Gasteiger partial charge in [-0.05, 0) is 32.8 Å². The van der Waals surface area contributed by atoms with E-state index >= 15 is 0 Å². The Morgan fingerprint density at radius 3 is 2.50 bits per heavy atom. The van der Waals surface area contributed by atoms with Crippen molar-refractivity contribution in [2.24, 2.45) is 0 Å². The van der Waals surface area contributed by atoms with Crippen LogP contribution in [0.25, 0.3) is 0 Å². The molecule has 18 heavy (non-hydrogen) atoms. The zero-order valence-electron chi connectivity index (χ0n) is 11.1. The normalized spacial score (nSPS) is 11.5. The van der Waals surface area contributed by atoms with Gasteiger partial charge in [-0.3, -0.25) is 0 Å². The fraction of sp³-hybridized carbons (Fsp3) is 0.429. The quantitative estimate of drug-likeness (QED) is 0.915. The summed E-state index contributed by atoms with van der Waals surface area (Å²) in [5.41, 5.74) is 1.37. The lowest BCUT2D eigenvalue weighted by atomic mass is 10.1. The third-order valence-electron chi connectivity index (χ3n) is 2.43. The van der Waals surface area contributed by atoms with Gasteiger partial charge in [0.05, 0.1) is 0 Å². The summed E-state index contributed by atoms with van der Waals surface area (Å²) in [5.74, 6) is 0.926. The average molecular weight is 261 g/mol. The van der Waals surface area contributed by atoms with Gasteiger partial charge in [-0.25, -0.2) is 4.98 Å². The molecular weight excluding hydrogens is 242 g/mol. The number of aromatic nitrogens is 2. The Bertz CT molecular complexity index is 485. The zero-order valence-corrected chi connectivity index (χ0v) is 11.9. The second-order valence-corrected chi connectivity index (χ2v) is 6.13. The molecule has 0 saturated carbocycles. The van der Waals surface area contributed by atoms with Crippen molar-refractivity contribution < 1.29 is 0 Å². The van der Waals surface area contributed by atoms with Gasteiger partial charge in [0.2, 0.25) is 5.13 Å². The summed E-state index contributed by atoms with van der Waals surface area (Å²) in [6.07, 6.45) is 1.89. The highest BCUT2D eigenvalue weighted by Gasteiger charge is 2.12. The van der Waals surface area contributed by atoms with Crippen LogP contribution in [0.5, 0.6) is 0 Å². The van der Waals surface area contributed by atoms with Gasteiger partial charge in [0.1, 0.15) is 5.82 Å². The molecule has 1 N–H and O–H groups in total. The molecule has 0 amide bonds. The average Bonchev–Trinajstić information content (AvgIpc) is 2.73. The van der Waals surface area contributed by atoms with Gasteiger partial charge in [-0.1, -0.05) is 30.3 Å². The number of benzene rings is 1. The third kappa shape index (κ3) is 4.11. The number of nitrogens with zero attached hydrogens (tertiary/aromatic N) is 2. The SMILES string of the molecule is CC(C)(C)Nc1nc(CCc2ccccc2)ns1. The van der Waals surface area contributed by atoms with Gasteiger partial charge in [0.25, 0.3) is 0 Å². The van der Waals surface area contributed by atoms with Gasteiger partial charge in [-0.2, -0.15) is 4.37 Å². The van der Waals surface area contributed by atoms with Crippen molar-refractivity contribution in [2.45, 2.75) is 39.2 Å². The largest absolute Gasteiger partial charge is 0.356 e. The minimum absolute atomic E-state index is 0.0379. The second-order valence-electron chi connectivity index (χ2n) is 5.38. The molecule has 0 aliphatic rings. The predicted octanol–water partition coefficient (Wildman–Crippen LogP) is 3.53. The molecule has 0 saturated heterocycles. The van der Waals surface area contributed by atoms with E-state index < -0.39 is 0 Å². The Hall–Kier alpha value is -1.42. The highest BCUT2D eigenvalue weighted by Crippen LogP contribution is 2.17. The lowest BCUT2D eigenvalue weighted by molar-refractivity contribution is 0.632. The summed E-state index contributed by atoms with van der Waals surface area (Å²) in [4.78, 5) is 4.51. The van der Waals surface area contributed by atoms with Crippen molar-refractivity contribution >= 4 is 16.7 Å². The molecule has 0 bridgehead atoms. The van der Waals surface area contributed by atoms with Crippen molar-refractivity contribution in [1.29, 1.82) is 0 Å². The summed E-state index contributed by atoms with van der Waals surface area (Å²) < 4.78 is 4.38. The van der Waals surface area contributed by atoms with E-state index in [9.17, 15) is 0 Å². The molecule has 0 radical (unpaired) electrons. The van der Waals surface area contributed by atoms with Crippen molar-refractivity contribution in [1.82, 2.24) is 9.36 Å². The Morgan fingerprint density at radius 2 is 1.83 bits per heavy atom. The van der Waals surface area contributed by atoms with E-state index in [0.717, 1.165) is 23.8 Å². The van der Waals surface area contributed by atoms with Crippen LogP contribution in [0.1, 0.15) is 32.2 Å². The summed E-state index contributed by atoms with van der Waals surface area (Å²) in [6.45, 7) is 6.37. The second kappa shape index (κ2) is 5.48. The molecule has 3 nitrogen and oxygen atoms in total. The summed E-state index contributed by atoms with van der Waals surface area (Å²) in [6, 6.07) is 10.4. The monoisotopic (exact) mass is 261 g/mol.